The van der Waals surface area contributed by atoms with Crippen LogP contribution in [-0.2, 0) is 26.3 Å². The molecule has 1 amide bonds. The van der Waals surface area contributed by atoms with Gasteiger partial charge in [0.2, 0.25) is 5.91 Å². The van der Waals surface area contributed by atoms with Crippen LogP contribution in [0.5, 0.6) is 0 Å². The predicted molar refractivity (Wildman–Crippen MR) is 123 cm³/mol. The molecular weight excluding hydrogens is 404 g/mol. The SMILES string of the molecule is COC(=O)[C@@H](Nc1nc(CNC(=O)C2(c3ccccc3)CC2)nc2ccccc12)C(C)C. The zero-order chi connectivity index (χ0) is 22.7. The number of aromatic nitrogens is 2. The first-order valence-electron chi connectivity index (χ1n) is 10.9. The lowest BCUT2D eigenvalue weighted by Crippen LogP contribution is -2.36. The minimum Gasteiger partial charge on any atom is -0.467 e. The molecule has 2 N–H and O–H groups in total. The van der Waals surface area contributed by atoms with Gasteiger partial charge in [0.25, 0.3) is 0 Å². The number of hydrogen-bond donors (Lipinski definition) is 2. The van der Waals surface area contributed by atoms with E-state index in [0.717, 1.165) is 29.3 Å². The number of rotatable bonds is 8. The van der Waals surface area contributed by atoms with Crippen molar-refractivity contribution in [3.8, 4) is 0 Å². The molecular formula is C25H28N4O3. The van der Waals surface area contributed by atoms with Crippen LogP contribution in [0.15, 0.2) is 54.6 Å². The van der Waals surface area contributed by atoms with E-state index in [-0.39, 0.29) is 24.3 Å². The molecule has 4 rings (SSSR count). The van der Waals surface area contributed by atoms with Crippen molar-refractivity contribution in [3.05, 3.63) is 66.0 Å². The van der Waals surface area contributed by atoms with E-state index in [9.17, 15) is 9.59 Å². The highest BCUT2D eigenvalue weighted by Crippen LogP contribution is 2.48. The molecule has 0 aliphatic heterocycles. The number of carbonyl (C=O) groups excluding carboxylic acids is 2. The third-order valence-electron chi connectivity index (χ3n) is 5.98. The Bertz CT molecular complexity index is 1130. The van der Waals surface area contributed by atoms with Gasteiger partial charge in [0.15, 0.2) is 5.82 Å². The Morgan fingerprint density at radius 2 is 1.72 bits per heavy atom. The molecule has 1 aliphatic rings. The molecule has 1 aromatic heterocycles. The Balaban J connectivity index is 1.57. The summed E-state index contributed by atoms with van der Waals surface area (Å²) in [6.07, 6.45) is 1.67. The Labute approximate surface area is 187 Å². The summed E-state index contributed by atoms with van der Waals surface area (Å²) >= 11 is 0. The normalized spacial score (nSPS) is 15.2. The van der Waals surface area contributed by atoms with E-state index >= 15 is 0 Å². The lowest BCUT2D eigenvalue weighted by atomic mass is 9.95. The quantitative estimate of drug-likeness (QED) is 0.529. The molecule has 1 atom stereocenters. The largest absolute Gasteiger partial charge is 0.467 e. The summed E-state index contributed by atoms with van der Waals surface area (Å²) in [5.41, 5.74) is 1.33. The maximum atomic E-state index is 13.0. The second-order valence-corrected chi connectivity index (χ2v) is 8.53. The first-order chi connectivity index (χ1) is 15.4. The Morgan fingerprint density at radius 3 is 2.38 bits per heavy atom. The number of carbonyl (C=O) groups is 2. The van der Waals surface area contributed by atoms with Gasteiger partial charge in [0.1, 0.15) is 11.9 Å². The third-order valence-corrected chi connectivity index (χ3v) is 5.98. The van der Waals surface area contributed by atoms with Gasteiger partial charge in [0.05, 0.1) is 24.6 Å². The van der Waals surface area contributed by atoms with E-state index in [2.05, 4.69) is 20.6 Å². The van der Waals surface area contributed by atoms with Crippen molar-refractivity contribution in [3.63, 3.8) is 0 Å². The maximum Gasteiger partial charge on any atom is 0.328 e. The fourth-order valence-electron chi connectivity index (χ4n) is 3.94. The number of methoxy groups -OCH3 is 1. The molecule has 3 aromatic rings. The van der Waals surface area contributed by atoms with Crippen LogP contribution in [0, 0.1) is 5.92 Å². The number of hydrogen-bond acceptors (Lipinski definition) is 6. The Kier molecular flexibility index (Phi) is 6.08. The van der Waals surface area contributed by atoms with Crippen molar-refractivity contribution in [2.24, 2.45) is 5.92 Å². The van der Waals surface area contributed by atoms with Crippen molar-refractivity contribution in [1.29, 1.82) is 0 Å². The number of anilines is 1. The van der Waals surface area contributed by atoms with Gasteiger partial charge in [-0.25, -0.2) is 14.8 Å². The zero-order valence-electron chi connectivity index (χ0n) is 18.6. The highest BCUT2D eigenvalue weighted by Gasteiger charge is 2.51. The van der Waals surface area contributed by atoms with Crippen molar-refractivity contribution in [2.45, 2.75) is 44.7 Å². The monoisotopic (exact) mass is 432 g/mol. The van der Waals surface area contributed by atoms with E-state index in [0.29, 0.717) is 11.6 Å². The van der Waals surface area contributed by atoms with Crippen molar-refractivity contribution >= 4 is 28.6 Å². The van der Waals surface area contributed by atoms with Crippen LogP contribution in [-0.4, -0.2) is 35.0 Å². The molecule has 0 spiro atoms. The molecule has 7 heteroatoms. The second kappa shape index (κ2) is 8.94. The van der Waals surface area contributed by atoms with Crippen molar-refractivity contribution in [1.82, 2.24) is 15.3 Å². The number of esters is 1. The fraction of sp³-hybridized carbons (Fsp3) is 0.360. The Morgan fingerprint density at radius 1 is 1.03 bits per heavy atom. The average Bonchev–Trinajstić information content (AvgIpc) is 3.63. The van der Waals surface area contributed by atoms with Crippen LogP contribution in [0.1, 0.15) is 38.1 Å². The molecule has 0 saturated heterocycles. The molecule has 32 heavy (non-hydrogen) atoms. The summed E-state index contributed by atoms with van der Waals surface area (Å²) in [6, 6.07) is 16.9. The molecule has 7 nitrogen and oxygen atoms in total. The maximum absolute atomic E-state index is 13.0. The highest BCUT2D eigenvalue weighted by molar-refractivity contribution is 5.92. The van der Waals surface area contributed by atoms with Gasteiger partial charge in [-0.1, -0.05) is 56.3 Å². The van der Waals surface area contributed by atoms with E-state index in [1.807, 2.05) is 68.4 Å². The molecule has 1 heterocycles. The number of amides is 1. The van der Waals surface area contributed by atoms with E-state index in [1.165, 1.54) is 7.11 Å². The smallest absolute Gasteiger partial charge is 0.328 e. The molecule has 0 radical (unpaired) electrons. The standard InChI is InChI=1S/C25H28N4O3/c1-16(2)21(23(30)32-3)29-22-18-11-7-8-12-19(18)27-20(28-22)15-26-24(31)25(13-14-25)17-9-5-4-6-10-17/h4-12,16,21H,13-15H2,1-3H3,(H,26,31)(H,27,28,29)/t21-/m0/s1. The van der Waals surface area contributed by atoms with E-state index < -0.39 is 11.5 Å². The van der Waals surface area contributed by atoms with Gasteiger partial charge >= 0.3 is 5.97 Å². The molecule has 1 aliphatic carbocycles. The summed E-state index contributed by atoms with van der Waals surface area (Å²) in [7, 11) is 1.37. The van der Waals surface area contributed by atoms with Crippen molar-refractivity contribution in [2.75, 3.05) is 12.4 Å². The van der Waals surface area contributed by atoms with Gasteiger partial charge in [-0.15, -0.1) is 0 Å². The van der Waals surface area contributed by atoms with Gasteiger partial charge in [0, 0.05) is 5.39 Å². The van der Waals surface area contributed by atoms with E-state index in [1.54, 1.807) is 0 Å². The molecule has 166 valence electrons. The van der Waals surface area contributed by atoms with Crippen LogP contribution in [0.3, 0.4) is 0 Å². The fourth-order valence-corrected chi connectivity index (χ4v) is 3.94. The molecule has 0 unspecified atom stereocenters. The summed E-state index contributed by atoms with van der Waals surface area (Å²) < 4.78 is 4.95. The molecule has 1 fully saturated rings. The zero-order valence-corrected chi connectivity index (χ0v) is 18.6. The average molecular weight is 433 g/mol. The van der Waals surface area contributed by atoms with E-state index in [4.69, 9.17) is 4.74 Å². The molecule has 0 bridgehead atoms. The predicted octanol–water partition coefficient (Wildman–Crippen LogP) is 3.59. The van der Waals surface area contributed by atoms with Crippen LogP contribution in [0.25, 0.3) is 10.9 Å². The minimum absolute atomic E-state index is 0.0000671. The topological polar surface area (TPSA) is 93.2 Å². The summed E-state index contributed by atoms with van der Waals surface area (Å²) in [4.78, 5) is 34.5. The minimum atomic E-state index is -0.548. The van der Waals surface area contributed by atoms with Gasteiger partial charge in [-0.2, -0.15) is 0 Å². The van der Waals surface area contributed by atoms with Crippen LogP contribution in [0.2, 0.25) is 0 Å². The number of ether oxygens (including phenoxy) is 1. The first-order valence-corrected chi connectivity index (χ1v) is 10.9. The van der Waals surface area contributed by atoms with Crippen molar-refractivity contribution < 1.29 is 14.3 Å². The number of para-hydroxylation sites is 1. The molecule has 1 saturated carbocycles. The van der Waals surface area contributed by atoms with Gasteiger partial charge < -0.3 is 15.4 Å². The van der Waals surface area contributed by atoms with Gasteiger partial charge in [-0.05, 0) is 36.5 Å². The first kappa shape index (κ1) is 21.7. The lowest BCUT2D eigenvalue weighted by molar-refractivity contribution is -0.142. The summed E-state index contributed by atoms with van der Waals surface area (Å²) in [5, 5.41) is 7.05. The highest BCUT2D eigenvalue weighted by atomic mass is 16.5. The summed E-state index contributed by atoms with van der Waals surface area (Å²) in [5.74, 6) is 0.671. The molecule has 2 aromatic carbocycles. The summed E-state index contributed by atoms with van der Waals surface area (Å²) in [6.45, 7) is 4.09. The van der Waals surface area contributed by atoms with Crippen LogP contribution >= 0.6 is 0 Å². The Hall–Kier alpha value is -3.48. The lowest BCUT2D eigenvalue weighted by Gasteiger charge is -2.21. The van der Waals surface area contributed by atoms with Crippen LogP contribution < -0.4 is 10.6 Å². The second-order valence-electron chi connectivity index (χ2n) is 8.53. The number of fused-ring (bicyclic) bond motifs is 1. The van der Waals surface area contributed by atoms with Gasteiger partial charge in [-0.3, -0.25) is 4.79 Å². The number of nitrogens with zero attached hydrogens (tertiary/aromatic N) is 2. The third kappa shape index (κ3) is 4.28. The van der Waals surface area contributed by atoms with Crippen LogP contribution in [0.4, 0.5) is 5.82 Å². The number of benzene rings is 2. The number of nitrogens with one attached hydrogen (secondary N) is 2.